The number of hydrogen-bond acceptors (Lipinski definition) is 2. The fraction of sp³-hybridized carbons (Fsp3) is 0.0769. The fourth-order valence-corrected chi connectivity index (χ4v) is 1.50. The van der Waals surface area contributed by atoms with E-state index in [0.29, 0.717) is 5.69 Å². The van der Waals surface area contributed by atoms with Crippen molar-refractivity contribution in [1.29, 1.82) is 5.39 Å². The molecule has 0 heterocycles. The van der Waals surface area contributed by atoms with Gasteiger partial charge < -0.3 is 17.1 Å². The number of halogens is 1. The summed E-state index contributed by atoms with van der Waals surface area (Å²) in [5, 5.41) is 8.58. The zero-order valence-corrected chi connectivity index (χ0v) is 10.1. The molecule has 0 bridgehead atoms. The van der Waals surface area contributed by atoms with E-state index in [1.807, 2.05) is 36.4 Å². The maximum absolute atomic E-state index is 8.58. The summed E-state index contributed by atoms with van der Waals surface area (Å²) in [7, 11) is 1.65. The van der Waals surface area contributed by atoms with E-state index in [9.17, 15) is 0 Å². The van der Waals surface area contributed by atoms with Crippen LogP contribution in [0, 0.1) is 5.39 Å². The number of ether oxygens (including phenoxy) is 1. The van der Waals surface area contributed by atoms with Gasteiger partial charge in [0.1, 0.15) is 5.75 Å². The van der Waals surface area contributed by atoms with Crippen LogP contribution in [0.2, 0.25) is 0 Å². The highest BCUT2D eigenvalue weighted by molar-refractivity contribution is 5.66. The molecule has 0 unspecified atom stereocenters. The molecule has 86 valence electrons. The first kappa shape index (κ1) is 13.0. The van der Waals surface area contributed by atoms with Gasteiger partial charge in [0.05, 0.1) is 7.11 Å². The number of diazo groups is 1. The summed E-state index contributed by atoms with van der Waals surface area (Å²) in [6.07, 6.45) is 0. The molecule has 0 aliphatic rings. The quantitative estimate of drug-likeness (QED) is 0.737. The Bertz CT molecular complexity index is 515. The zero-order chi connectivity index (χ0) is 11.4. The van der Waals surface area contributed by atoms with E-state index in [-0.39, 0.29) is 12.4 Å². The molecule has 3 nitrogen and oxygen atoms in total. The molecule has 0 spiro atoms. The van der Waals surface area contributed by atoms with E-state index in [0.717, 1.165) is 16.9 Å². The Morgan fingerprint density at radius 2 is 1.35 bits per heavy atom. The summed E-state index contributed by atoms with van der Waals surface area (Å²) in [4.78, 5) is 3.11. The van der Waals surface area contributed by atoms with Gasteiger partial charge in [-0.2, -0.15) is 0 Å². The third-order valence-corrected chi connectivity index (χ3v) is 2.41. The Morgan fingerprint density at radius 1 is 0.882 bits per heavy atom. The monoisotopic (exact) mass is 246 g/mol. The average molecular weight is 247 g/mol. The predicted octanol–water partition coefficient (Wildman–Crippen LogP) is 0.851. The van der Waals surface area contributed by atoms with E-state index in [2.05, 4.69) is 4.98 Å². The van der Waals surface area contributed by atoms with Crippen molar-refractivity contribution in [3.8, 4) is 16.9 Å². The molecular formula is C13H11ClN2O. The summed E-state index contributed by atoms with van der Waals surface area (Å²) >= 11 is 0. The SMILES string of the molecule is COc1ccc(-c2ccc([N+]#N)cc2)cc1.[Cl-]. The second-order valence-electron chi connectivity index (χ2n) is 3.38. The van der Waals surface area contributed by atoms with Gasteiger partial charge in [-0.25, -0.2) is 0 Å². The second-order valence-corrected chi connectivity index (χ2v) is 3.38. The van der Waals surface area contributed by atoms with Gasteiger partial charge in [0.25, 0.3) is 0 Å². The lowest BCUT2D eigenvalue weighted by atomic mass is 10.1. The van der Waals surface area contributed by atoms with Gasteiger partial charge in [-0.3, -0.25) is 0 Å². The van der Waals surface area contributed by atoms with Crippen LogP contribution in [0.15, 0.2) is 48.5 Å². The first-order chi connectivity index (χ1) is 7.83. The van der Waals surface area contributed by atoms with Crippen molar-refractivity contribution in [2.24, 2.45) is 0 Å². The molecule has 2 aromatic rings. The Morgan fingerprint density at radius 3 is 1.76 bits per heavy atom. The highest BCUT2D eigenvalue weighted by atomic mass is 35.5. The Labute approximate surface area is 106 Å². The molecule has 4 heteroatoms. The smallest absolute Gasteiger partial charge is 0.385 e. The minimum atomic E-state index is 0. The van der Waals surface area contributed by atoms with Crippen molar-refractivity contribution in [3.63, 3.8) is 0 Å². The Hall–Kier alpha value is -2.05. The molecule has 2 aromatic carbocycles. The van der Waals surface area contributed by atoms with Crippen LogP contribution >= 0.6 is 0 Å². The average Bonchev–Trinajstić information content (AvgIpc) is 2.39. The molecule has 17 heavy (non-hydrogen) atoms. The van der Waals surface area contributed by atoms with Crippen molar-refractivity contribution in [1.82, 2.24) is 0 Å². The zero-order valence-electron chi connectivity index (χ0n) is 9.30. The first-order valence-corrected chi connectivity index (χ1v) is 4.93. The predicted molar refractivity (Wildman–Crippen MR) is 63.2 cm³/mol. The van der Waals surface area contributed by atoms with Gasteiger partial charge in [-0.15, -0.1) is 0 Å². The molecule has 0 saturated heterocycles. The second kappa shape index (κ2) is 5.88. The summed E-state index contributed by atoms with van der Waals surface area (Å²) in [5.74, 6) is 0.839. The number of benzene rings is 2. The van der Waals surface area contributed by atoms with Gasteiger partial charge in [-0.1, -0.05) is 12.1 Å². The van der Waals surface area contributed by atoms with Crippen molar-refractivity contribution in [2.45, 2.75) is 0 Å². The summed E-state index contributed by atoms with van der Waals surface area (Å²) in [5.41, 5.74) is 2.73. The standard InChI is InChI=1S/C13H11N2O.ClH/c1-16-13-8-4-11(5-9-13)10-2-6-12(15-14)7-3-10;/h2-9H,1H3;1H/q+1;/p-1. The molecule has 0 N–H and O–H groups in total. The van der Waals surface area contributed by atoms with Crippen molar-refractivity contribution in [3.05, 3.63) is 53.5 Å². The summed E-state index contributed by atoms with van der Waals surface area (Å²) < 4.78 is 5.09. The van der Waals surface area contributed by atoms with E-state index >= 15 is 0 Å². The lowest BCUT2D eigenvalue weighted by Gasteiger charge is -2.02. The van der Waals surface area contributed by atoms with Crippen molar-refractivity contribution >= 4 is 5.69 Å². The molecule has 0 aromatic heterocycles. The number of methoxy groups -OCH3 is 1. The normalized spacial score (nSPS) is 8.94. The maximum atomic E-state index is 8.58. The third-order valence-electron chi connectivity index (χ3n) is 2.41. The summed E-state index contributed by atoms with van der Waals surface area (Å²) in [6, 6.07) is 15.2. The number of rotatable bonds is 2. The molecule has 0 saturated carbocycles. The van der Waals surface area contributed by atoms with E-state index < -0.39 is 0 Å². The molecule has 0 amide bonds. The molecule has 0 fully saturated rings. The van der Waals surface area contributed by atoms with Crippen LogP contribution in [-0.2, 0) is 0 Å². The Kier molecular flexibility index (Phi) is 4.50. The Balaban J connectivity index is 0.00000144. The third kappa shape index (κ3) is 2.96. The van der Waals surface area contributed by atoms with Crippen LogP contribution in [0.25, 0.3) is 16.1 Å². The molecule has 0 aliphatic carbocycles. The van der Waals surface area contributed by atoms with Gasteiger partial charge in [0, 0.05) is 12.1 Å². The van der Waals surface area contributed by atoms with Crippen LogP contribution in [0.1, 0.15) is 0 Å². The molecular weight excluding hydrogens is 236 g/mol. The first-order valence-electron chi connectivity index (χ1n) is 4.93. The molecule has 0 atom stereocenters. The topological polar surface area (TPSA) is 37.4 Å². The molecule has 0 radical (unpaired) electrons. The highest BCUT2D eigenvalue weighted by Gasteiger charge is 2.04. The van der Waals surface area contributed by atoms with Gasteiger partial charge >= 0.3 is 5.69 Å². The van der Waals surface area contributed by atoms with Crippen LogP contribution in [-0.4, -0.2) is 7.11 Å². The van der Waals surface area contributed by atoms with Gasteiger partial charge in [0.2, 0.25) is 5.39 Å². The lowest BCUT2D eigenvalue weighted by molar-refractivity contribution is -0.00000371. The minimum Gasteiger partial charge on any atom is -1.00 e. The van der Waals surface area contributed by atoms with E-state index in [4.69, 9.17) is 10.1 Å². The van der Waals surface area contributed by atoms with Crippen molar-refractivity contribution in [2.75, 3.05) is 7.11 Å². The van der Waals surface area contributed by atoms with Crippen LogP contribution in [0.5, 0.6) is 5.75 Å². The lowest BCUT2D eigenvalue weighted by Crippen LogP contribution is -3.00. The highest BCUT2D eigenvalue weighted by Crippen LogP contribution is 2.24. The maximum Gasteiger partial charge on any atom is 0.385 e. The van der Waals surface area contributed by atoms with Crippen molar-refractivity contribution < 1.29 is 17.1 Å². The molecule has 2 rings (SSSR count). The van der Waals surface area contributed by atoms with Crippen LogP contribution in [0.3, 0.4) is 0 Å². The number of hydrogen-bond donors (Lipinski definition) is 0. The van der Waals surface area contributed by atoms with E-state index in [1.54, 1.807) is 19.2 Å². The van der Waals surface area contributed by atoms with Gasteiger partial charge in [0.15, 0.2) is 4.98 Å². The number of nitrogens with zero attached hydrogens (tertiary/aromatic N) is 2. The van der Waals surface area contributed by atoms with E-state index in [1.165, 1.54) is 0 Å². The minimum absolute atomic E-state index is 0. The van der Waals surface area contributed by atoms with Crippen LogP contribution < -0.4 is 17.1 Å². The fourth-order valence-electron chi connectivity index (χ4n) is 1.50. The largest absolute Gasteiger partial charge is 1.00 e. The molecule has 0 aliphatic heterocycles. The summed E-state index contributed by atoms with van der Waals surface area (Å²) in [6.45, 7) is 0. The van der Waals surface area contributed by atoms with Gasteiger partial charge in [-0.05, 0) is 35.4 Å². The van der Waals surface area contributed by atoms with Crippen LogP contribution in [0.4, 0.5) is 5.69 Å².